The van der Waals surface area contributed by atoms with E-state index in [1.165, 1.54) is 0 Å². The fourth-order valence-corrected chi connectivity index (χ4v) is 4.93. The highest BCUT2D eigenvalue weighted by molar-refractivity contribution is 5.58. The van der Waals surface area contributed by atoms with E-state index in [0.717, 1.165) is 28.5 Å². The van der Waals surface area contributed by atoms with Crippen LogP contribution in [0.15, 0.2) is 121 Å². The molecule has 0 N–H and O–H groups in total. The molecule has 1 aliphatic heterocycles. The van der Waals surface area contributed by atoms with Gasteiger partial charge in [-0.1, -0.05) is 121 Å². The third-order valence-corrected chi connectivity index (χ3v) is 7.05. The number of ether oxygens (including phenoxy) is 5. The van der Waals surface area contributed by atoms with Crippen molar-refractivity contribution in [3.8, 4) is 0 Å². The third kappa shape index (κ3) is 8.43. The number of hydrogen-bond acceptors (Lipinski definition) is 6. The molecule has 6 nitrogen and oxygen atoms in total. The minimum atomic E-state index is -0.846. The van der Waals surface area contributed by atoms with Gasteiger partial charge in [0.25, 0.3) is 0 Å². The molecule has 5 unspecified atom stereocenters. The quantitative estimate of drug-likeness (QED) is 0.181. The summed E-state index contributed by atoms with van der Waals surface area (Å²) in [6.07, 6.45) is -2.41. The molecule has 0 aromatic heterocycles. The molecule has 4 aromatic carbocycles. The Bertz CT molecular complexity index is 1290. The van der Waals surface area contributed by atoms with Gasteiger partial charge in [-0.15, -0.1) is 0 Å². The Hall–Kier alpha value is -3.65. The van der Waals surface area contributed by atoms with Crippen LogP contribution in [0.25, 0.3) is 0 Å². The molecule has 0 spiro atoms. The highest BCUT2D eigenvalue weighted by atomic mass is 16.6. The number of carbonyl (C=O) groups is 1. The zero-order valence-corrected chi connectivity index (χ0v) is 23.0. The second kappa shape index (κ2) is 15.4. The molecule has 0 radical (unpaired) electrons. The topological polar surface area (TPSA) is 63.2 Å². The normalized spacial score (nSPS) is 22.3. The van der Waals surface area contributed by atoms with Crippen LogP contribution in [-0.4, -0.2) is 43.4 Å². The van der Waals surface area contributed by atoms with Gasteiger partial charge in [0.2, 0.25) is 0 Å². The van der Waals surface area contributed by atoms with Gasteiger partial charge in [-0.05, 0) is 22.3 Å². The van der Waals surface area contributed by atoms with Gasteiger partial charge in [-0.3, -0.25) is 0 Å². The van der Waals surface area contributed by atoms with E-state index in [1.54, 1.807) is 0 Å². The van der Waals surface area contributed by atoms with E-state index in [2.05, 4.69) is 0 Å². The summed E-state index contributed by atoms with van der Waals surface area (Å²) in [5.41, 5.74) is 4.09. The van der Waals surface area contributed by atoms with Crippen LogP contribution in [0.1, 0.15) is 22.3 Å². The molecule has 1 heterocycles. The summed E-state index contributed by atoms with van der Waals surface area (Å²) in [4.78, 5) is 12.4. The van der Waals surface area contributed by atoms with Gasteiger partial charge < -0.3 is 28.5 Å². The summed E-state index contributed by atoms with van der Waals surface area (Å²) in [5.74, 6) is 0. The zero-order valence-electron chi connectivity index (χ0n) is 23.0. The summed E-state index contributed by atoms with van der Waals surface area (Å²) < 4.78 is 31.9. The summed E-state index contributed by atoms with van der Waals surface area (Å²) >= 11 is 0. The molecule has 1 saturated heterocycles. The first-order valence-corrected chi connectivity index (χ1v) is 14.0. The molecule has 41 heavy (non-hydrogen) atoms. The van der Waals surface area contributed by atoms with E-state index >= 15 is 0 Å². The molecule has 6 heteroatoms. The van der Waals surface area contributed by atoms with Crippen LogP contribution >= 0.6 is 0 Å². The van der Waals surface area contributed by atoms with E-state index in [1.807, 2.05) is 121 Å². The maximum atomic E-state index is 12.4. The van der Waals surface area contributed by atoms with Crippen molar-refractivity contribution in [2.75, 3.05) is 6.61 Å². The first kappa shape index (κ1) is 28.9. The number of hydrogen-bond donors (Lipinski definition) is 0. The molecule has 0 bridgehead atoms. The van der Waals surface area contributed by atoms with Gasteiger partial charge in [0.15, 0.2) is 6.29 Å². The Morgan fingerprint density at radius 3 is 1.34 bits per heavy atom. The van der Waals surface area contributed by atoms with Crippen LogP contribution in [0, 0.1) is 0 Å². The summed E-state index contributed by atoms with van der Waals surface area (Å²) in [5, 5.41) is 0. The second-order valence-corrected chi connectivity index (χ2v) is 10.1. The Labute approximate surface area is 241 Å². The standard InChI is InChI=1S/C35H36O6/c36-21-31-33(38-23-28-15-7-2-8-16-28)35(40-25-30-19-11-4-12-20-30)34(39-24-29-17-9-3-10-18-29)32(41-31)26-37-22-27-13-5-1-6-14-27/h1-21,31-35H,22-26H2. The fraction of sp³-hybridized carbons (Fsp3) is 0.286. The zero-order chi connectivity index (χ0) is 28.1. The van der Waals surface area contributed by atoms with Crippen LogP contribution < -0.4 is 0 Å². The van der Waals surface area contributed by atoms with E-state index < -0.39 is 30.5 Å². The van der Waals surface area contributed by atoms with E-state index in [-0.39, 0.29) is 6.61 Å². The molecule has 5 rings (SSSR count). The summed E-state index contributed by atoms with van der Waals surface area (Å²) in [6, 6.07) is 39.7. The first-order chi connectivity index (χ1) is 20.3. The lowest BCUT2D eigenvalue weighted by atomic mass is 9.94. The highest BCUT2D eigenvalue weighted by Crippen LogP contribution is 2.30. The van der Waals surface area contributed by atoms with Crippen molar-refractivity contribution in [1.82, 2.24) is 0 Å². The first-order valence-electron chi connectivity index (χ1n) is 14.0. The molecule has 4 aromatic rings. The largest absolute Gasteiger partial charge is 0.374 e. The predicted molar refractivity (Wildman–Crippen MR) is 156 cm³/mol. The van der Waals surface area contributed by atoms with Gasteiger partial charge in [0.05, 0.1) is 33.0 Å². The maximum Gasteiger partial charge on any atom is 0.151 e. The van der Waals surface area contributed by atoms with E-state index in [0.29, 0.717) is 26.4 Å². The van der Waals surface area contributed by atoms with Crippen molar-refractivity contribution in [3.63, 3.8) is 0 Å². The lowest BCUT2D eigenvalue weighted by Gasteiger charge is -2.44. The van der Waals surface area contributed by atoms with Gasteiger partial charge in [-0.25, -0.2) is 0 Å². The Balaban J connectivity index is 1.39. The van der Waals surface area contributed by atoms with Crippen molar-refractivity contribution in [3.05, 3.63) is 144 Å². The number of benzene rings is 4. The SMILES string of the molecule is O=CC1OC(COCc2ccccc2)C(OCc2ccccc2)C(OCc2ccccc2)C1OCc1ccccc1. The summed E-state index contributed by atoms with van der Waals surface area (Å²) in [6.45, 7) is 1.65. The number of rotatable bonds is 14. The van der Waals surface area contributed by atoms with Gasteiger partial charge >= 0.3 is 0 Å². The summed E-state index contributed by atoms with van der Waals surface area (Å²) in [7, 11) is 0. The lowest BCUT2D eigenvalue weighted by Crippen LogP contribution is -2.61. The Kier molecular flexibility index (Phi) is 10.8. The number of aldehydes is 1. The minimum Gasteiger partial charge on any atom is -0.374 e. The maximum absolute atomic E-state index is 12.4. The molecule has 0 amide bonds. The van der Waals surface area contributed by atoms with Crippen LogP contribution in [0.2, 0.25) is 0 Å². The molecular formula is C35H36O6. The van der Waals surface area contributed by atoms with Crippen LogP contribution in [-0.2, 0) is 54.9 Å². The van der Waals surface area contributed by atoms with Crippen LogP contribution in [0.4, 0.5) is 0 Å². The molecule has 1 aliphatic rings. The molecule has 1 fully saturated rings. The average Bonchev–Trinajstić information content (AvgIpc) is 3.04. The molecule has 212 valence electrons. The Morgan fingerprint density at radius 1 is 0.512 bits per heavy atom. The average molecular weight is 553 g/mol. The fourth-order valence-electron chi connectivity index (χ4n) is 4.93. The van der Waals surface area contributed by atoms with Crippen LogP contribution in [0.3, 0.4) is 0 Å². The van der Waals surface area contributed by atoms with Gasteiger partial charge in [0, 0.05) is 0 Å². The highest BCUT2D eigenvalue weighted by Gasteiger charge is 2.48. The lowest BCUT2D eigenvalue weighted by molar-refractivity contribution is -0.264. The second-order valence-electron chi connectivity index (χ2n) is 10.1. The molecule has 0 aliphatic carbocycles. The minimum absolute atomic E-state index is 0.231. The van der Waals surface area contributed by atoms with E-state index in [9.17, 15) is 4.79 Å². The molecule has 5 atom stereocenters. The monoisotopic (exact) mass is 552 g/mol. The van der Waals surface area contributed by atoms with Gasteiger partial charge in [-0.2, -0.15) is 0 Å². The van der Waals surface area contributed by atoms with Crippen molar-refractivity contribution in [2.45, 2.75) is 56.9 Å². The van der Waals surface area contributed by atoms with Gasteiger partial charge in [0.1, 0.15) is 30.5 Å². The third-order valence-electron chi connectivity index (χ3n) is 7.05. The number of carbonyl (C=O) groups excluding carboxylic acids is 1. The molecule has 0 saturated carbocycles. The van der Waals surface area contributed by atoms with Crippen molar-refractivity contribution in [1.29, 1.82) is 0 Å². The van der Waals surface area contributed by atoms with Crippen molar-refractivity contribution in [2.24, 2.45) is 0 Å². The smallest absolute Gasteiger partial charge is 0.151 e. The van der Waals surface area contributed by atoms with Crippen molar-refractivity contribution >= 4 is 6.29 Å². The van der Waals surface area contributed by atoms with E-state index in [4.69, 9.17) is 23.7 Å². The molecular weight excluding hydrogens is 516 g/mol. The van der Waals surface area contributed by atoms with Crippen LogP contribution in [0.5, 0.6) is 0 Å². The Morgan fingerprint density at radius 2 is 0.902 bits per heavy atom. The van der Waals surface area contributed by atoms with Crippen molar-refractivity contribution < 1.29 is 28.5 Å². The predicted octanol–water partition coefficient (Wildman–Crippen LogP) is 5.93.